The summed E-state index contributed by atoms with van der Waals surface area (Å²) in [5, 5.41) is 7.18. The second-order valence-corrected chi connectivity index (χ2v) is 4.77. The van der Waals surface area contributed by atoms with Gasteiger partial charge < -0.3 is 15.8 Å². The van der Waals surface area contributed by atoms with Crippen molar-refractivity contribution in [2.45, 2.75) is 12.5 Å². The first-order valence-electron chi connectivity index (χ1n) is 6.52. The highest BCUT2D eigenvalue weighted by molar-refractivity contribution is 5.92. The molecule has 1 aliphatic heterocycles. The third-order valence-electron chi connectivity index (χ3n) is 3.24. The van der Waals surface area contributed by atoms with Crippen LogP contribution in [0.15, 0.2) is 36.5 Å². The number of ether oxygens (including phenoxy) is 1. The normalized spacial score (nSPS) is 18.1. The molecule has 6 heteroatoms. The van der Waals surface area contributed by atoms with Gasteiger partial charge in [-0.1, -0.05) is 0 Å². The zero-order valence-electron chi connectivity index (χ0n) is 11.0. The van der Waals surface area contributed by atoms with Crippen molar-refractivity contribution in [1.29, 1.82) is 0 Å². The first kappa shape index (κ1) is 12.7. The molecule has 2 heterocycles. The third-order valence-corrected chi connectivity index (χ3v) is 3.24. The van der Waals surface area contributed by atoms with Crippen molar-refractivity contribution in [3.63, 3.8) is 0 Å². The van der Waals surface area contributed by atoms with Gasteiger partial charge in [0.2, 0.25) is 0 Å². The Kier molecular flexibility index (Phi) is 3.39. The molecule has 3 N–H and O–H groups in total. The predicted molar refractivity (Wildman–Crippen MR) is 74.7 cm³/mol. The van der Waals surface area contributed by atoms with Gasteiger partial charge in [0.05, 0.1) is 18.3 Å². The van der Waals surface area contributed by atoms with E-state index in [1.165, 1.54) is 0 Å². The molecule has 0 radical (unpaired) electrons. The standard InChI is InChI=1S/C14H16N4O2/c15-10-1-3-12(4-2-10)18-7-5-13(17-18)14(19)16-11-6-8-20-9-11/h1-5,7,11H,6,8-9,15H2,(H,16,19). The van der Waals surface area contributed by atoms with E-state index >= 15 is 0 Å². The molecule has 0 bridgehead atoms. The zero-order chi connectivity index (χ0) is 13.9. The third kappa shape index (κ3) is 2.65. The van der Waals surface area contributed by atoms with E-state index in [1.807, 2.05) is 12.1 Å². The molecular weight excluding hydrogens is 256 g/mol. The van der Waals surface area contributed by atoms with Gasteiger partial charge in [0, 0.05) is 18.5 Å². The number of amides is 1. The highest BCUT2D eigenvalue weighted by atomic mass is 16.5. The Balaban J connectivity index is 1.72. The van der Waals surface area contributed by atoms with Crippen molar-refractivity contribution >= 4 is 11.6 Å². The number of anilines is 1. The Labute approximate surface area is 116 Å². The Bertz CT molecular complexity index is 600. The van der Waals surface area contributed by atoms with Gasteiger partial charge in [0.15, 0.2) is 5.69 Å². The highest BCUT2D eigenvalue weighted by Gasteiger charge is 2.19. The molecule has 0 spiro atoms. The van der Waals surface area contributed by atoms with Crippen LogP contribution in [-0.2, 0) is 4.74 Å². The van der Waals surface area contributed by atoms with Gasteiger partial charge in [-0.25, -0.2) is 4.68 Å². The van der Waals surface area contributed by atoms with Gasteiger partial charge >= 0.3 is 0 Å². The number of hydrogen-bond acceptors (Lipinski definition) is 4. The number of nitrogens with zero attached hydrogens (tertiary/aromatic N) is 2. The Morgan fingerprint density at radius 2 is 2.15 bits per heavy atom. The van der Waals surface area contributed by atoms with Gasteiger partial charge in [-0.15, -0.1) is 0 Å². The molecule has 20 heavy (non-hydrogen) atoms. The second-order valence-electron chi connectivity index (χ2n) is 4.77. The highest BCUT2D eigenvalue weighted by Crippen LogP contribution is 2.11. The summed E-state index contributed by atoms with van der Waals surface area (Å²) >= 11 is 0. The number of aromatic nitrogens is 2. The van der Waals surface area contributed by atoms with Crippen molar-refractivity contribution in [3.05, 3.63) is 42.2 Å². The van der Waals surface area contributed by atoms with E-state index in [4.69, 9.17) is 10.5 Å². The number of carbonyl (C=O) groups excluding carboxylic acids is 1. The summed E-state index contributed by atoms with van der Waals surface area (Å²) in [5.74, 6) is -0.172. The Morgan fingerprint density at radius 3 is 2.85 bits per heavy atom. The average Bonchev–Trinajstić information content (AvgIpc) is 3.10. The van der Waals surface area contributed by atoms with Gasteiger partial charge in [0.1, 0.15) is 0 Å². The maximum atomic E-state index is 12.0. The lowest BCUT2D eigenvalue weighted by molar-refractivity contribution is 0.0924. The molecule has 2 aromatic rings. The molecule has 1 aromatic heterocycles. The molecular formula is C14H16N4O2. The molecule has 1 amide bonds. The van der Waals surface area contributed by atoms with E-state index in [2.05, 4.69) is 10.4 Å². The van der Waals surface area contributed by atoms with Crippen molar-refractivity contribution in [3.8, 4) is 5.69 Å². The Hall–Kier alpha value is -2.34. The van der Waals surface area contributed by atoms with E-state index in [1.54, 1.807) is 29.1 Å². The summed E-state index contributed by atoms with van der Waals surface area (Å²) in [4.78, 5) is 12.0. The Morgan fingerprint density at radius 1 is 1.35 bits per heavy atom. The molecule has 3 rings (SSSR count). The first-order chi connectivity index (χ1) is 9.72. The predicted octanol–water partition coefficient (Wildman–Crippen LogP) is 0.973. The van der Waals surface area contributed by atoms with Gasteiger partial charge in [-0.2, -0.15) is 5.10 Å². The largest absolute Gasteiger partial charge is 0.399 e. The number of benzene rings is 1. The first-order valence-corrected chi connectivity index (χ1v) is 6.52. The molecule has 1 atom stereocenters. The minimum Gasteiger partial charge on any atom is -0.399 e. The van der Waals surface area contributed by atoms with Crippen molar-refractivity contribution in [1.82, 2.24) is 15.1 Å². The number of nitrogen functional groups attached to an aromatic ring is 1. The quantitative estimate of drug-likeness (QED) is 0.816. The molecule has 104 valence electrons. The maximum absolute atomic E-state index is 12.0. The van der Waals surface area contributed by atoms with Crippen LogP contribution in [0.3, 0.4) is 0 Å². The molecule has 1 aromatic carbocycles. The smallest absolute Gasteiger partial charge is 0.272 e. The lowest BCUT2D eigenvalue weighted by Crippen LogP contribution is -2.35. The summed E-state index contributed by atoms with van der Waals surface area (Å²) in [6, 6.07) is 9.09. The molecule has 1 saturated heterocycles. The van der Waals surface area contributed by atoms with Crippen LogP contribution in [0.5, 0.6) is 0 Å². The molecule has 1 aliphatic rings. The number of nitrogens with two attached hydrogens (primary N) is 1. The van der Waals surface area contributed by atoms with Crippen LogP contribution in [0.25, 0.3) is 5.69 Å². The number of nitrogens with one attached hydrogen (secondary N) is 1. The van der Waals surface area contributed by atoms with E-state index in [0.717, 1.165) is 12.1 Å². The van der Waals surface area contributed by atoms with Gasteiger partial charge in [-0.3, -0.25) is 4.79 Å². The van der Waals surface area contributed by atoms with Crippen LogP contribution in [0.1, 0.15) is 16.9 Å². The monoisotopic (exact) mass is 272 g/mol. The topological polar surface area (TPSA) is 82.2 Å². The maximum Gasteiger partial charge on any atom is 0.272 e. The fraction of sp³-hybridized carbons (Fsp3) is 0.286. The van der Waals surface area contributed by atoms with Crippen LogP contribution in [0, 0.1) is 0 Å². The van der Waals surface area contributed by atoms with E-state index in [0.29, 0.717) is 24.6 Å². The SMILES string of the molecule is Nc1ccc(-n2ccc(C(=O)NC3CCOC3)n2)cc1. The van der Waals surface area contributed by atoms with Crippen LogP contribution < -0.4 is 11.1 Å². The number of hydrogen-bond donors (Lipinski definition) is 2. The zero-order valence-corrected chi connectivity index (χ0v) is 11.0. The number of carbonyl (C=O) groups is 1. The van der Waals surface area contributed by atoms with E-state index in [-0.39, 0.29) is 11.9 Å². The summed E-state index contributed by atoms with van der Waals surface area (Å²) in [6.45, 7) is 1.27. The van der Waals surface area contributed by atoms with Crippen LogP contribution in [0.2, 0.25) is 0 Å². The summed E-state index contributed by atoms with van der Waals surface area (Å²) in [5.41, 5.74) is 7.60. The van der Waals surface area contributed by atoms with Crippen molar-refractivity contribution in [2.24, 2.45) is 0 Å². The summed E-state index contributed by atoms with van der Waals surface area (Å²) in [7, 11) is 0. The van der Waals surface area contributed by atoms with Crippen LogP contribution in [0.4, 0.5) is 5.69 Å². The molecule has 6 nitrogen and oxygen atoms in total. The van der Waals surface area contributed by atoms with Crippen molar-refractivity contribution in [2.75, 3.05) is 18.9 Å². The average molecular weight is 272 g/mol. The number of rotatable bonds is 3. The van der Waals surface area contributed by atoms with E-state index in [9.17, 15) is 4.79 Å². The summed E-state index contributed by atoms with van der Waals surface area (Å²) in [6.07, 6.45) is 2.61. The molecule has 1 unspecified atom stereocenters. The fourth-order valence-corrected chi connectivity index (χ4v) is 2.12. The lowest BCUT2D eigenvalue weighted by atomic mass is 10.2. The fourth-order valence-electron chi connectivity index (χ4n) is 2.12. The molecule has 0 aliphatic carbocycles. The molecule has 1 fully saturated rings. The van der Waals surface area contributed by atoms with Crippen LogP contribution in [-0.4, -0.2) is 34.9 Å². The minimum atomic E-state index is -0.172. The second kappa shape index (κ2) is 5.34. The summed E-state index contributed by atoms with van der Waals surface area (Å²) < 4.78 is 6.88. The lowest BCUT2D eigenvalue weighted by Gasteiger charge is -2.08. The molecule has 0 saturated carbocycles. The van der Waals surface area contributed by atoms with Crippen molar-refractivity contribution < 1.29 is 9.53 Å². The van der Waals surface area contributed by atoms with Gasteiger partial charge in [0.25, 0.3) is 5.91 Å². The van der Waals surface area contributed by atoms with Crippen LogP contribution >= 0.6 is 0 Å². The minimum absolute atomic E-state index is 0.0872. The van der Waals surface area contributed by atoms with E-state index < -0.39 is 0 Å². The van der Waals surface area contributed by atoms with Gasteiger partial charge in [-0.05, 0) is 36.8 Å².